The molecule has 2 heterocycles. The Morgan fingerprint density at radius 3 is 1.34 bits per heavy atom. The van der Waals surface area contributed by atoms with Gasteiger partial charge in [0.05, 0.1) is 11.8 Å². The lowest BCUT2D eigenvalue weighted by Gasteiger charge is -2.33. The number of hydrogen-bond donors (Lipinski definition) is 1. The molecule has 22 heteroatoms. The molecule has 4 fully saturated rings. The summed E-state index contributed by atoms with van der Waals surface area (Å²) in [6, 6.07) is 9.04. The highest BCUT2D eigenvalue weighted by Crippen LogP contribution is 2.60. The molecular formula is C31H32F12N2O8. The number of carboxylic acids is 1. The van der Waals surface area contributed by atoms with Crippen LogP contribution in [0.2, 0.25) is 0 Å². The number of amides is 2. The summed E-state index contributed by atoms with van der Waals surface area (Å²) in [5.74, 6) is -2.35. The van der Waals surface area contributed by atoms with Crippen LogP contribution in [0.5, 0.6) is 0 Å². The van der Waals surface area contributed by atoms with Crippen molar-refractivity contribution < 1.29 is 91.2 Å². The lowest BCUT2D eigenvalue weighted by atomic mass is 9.91. The minimum Gasteiger partial charge on any atom is -0.481 e. The Hall–Kier alpha value is -4.14. The van der Waals surface area contributed by atoms with Crippen molar-refractivity contribution in [3.8, 4) is 0 Å². The van der Waals surface area contributed by atoms with Gasteiger partial charge in [-0.2, -0.15) is 52.7 Å². The highest BCUT2D eigenvalue weighted by molar-refractivity contribution is 5.77. The zero-order chi connectivity index (χ0) is 39.8. The number of benzene rings is 1. The van der Waals surface area contributed by atoms with Gasteiger partial charge in [-0.25, -0.2) is 9.59 Å². The summed E-state index contributed by atoms with van der Waals surface area (Å²) in [6.45, 7) is -0.343. The number of piperidine rings is 2. The molecule has 2 spiro atoms. The average Bonchev–Trinajstić information content (AvgIpc) is 3.95. The second kappa shape index (κ2) is 14.9. The molecule has 2 atom stereocenters. The molecule has 2 aliphatic carbocycles. The molecule has 2 aliphatic heterocycles. The van der Waals surface area contributed by atoms with Crippen LogP contribution in [0.3, 0.4) is 0 Å². The van der Waals surface area contributed by atoms with Crippen molar-refractivity contribution in [2.45, 2.75) is 82.0 Å². The number of rotatable bonds is 6. The molecule has 2 saturated carbocycles. The number of carboxylic acid groups (broad SMARTS) is 1. The van der Waals surface area contributed by atoms with Gasteiger partial charge in [0, 0.05) is 26.2 Å². The number of nitrogens with zero attached hydrogens (tertiary/aromatic N) is 2. The first kappa shape index (κ1) is 41.6. The summed E-state index contributed by atoms with van der Waals surface area (Å²) >= 11 is 0. The third-order valence-electron chi connectivity index (χ3n) is 9.85. The molecule has 1 aromatic rings. The Labute approximate surface area is 292 Å². The summed E-state index contributed by atoms with van der Waals surface area (Å²) in [5, 5.41) is 8.89. The Morgan fingerprint density at radius 2 is 1.00 bits per heavy atom. The predicted molar refractivity (Wildman–Crippen MR) is 151 cm³/mol. The van der Waals surface area contributed by atoms with Gasteiger partial charge in [-0.05, 0) is 54.9 Å². The largest absolute Gasteiger partial charge is 0.481 e. The lowest BCUT2D eigenvalue weighted by Crippen LogP contribution is -2.49. The molecule has 4 aliphatic rings. The van der Waals surface area contributed by atoms with Crippen LogP contribution in [0.25, 0.3) is 0 Å². The number of alkyl halides is 12. The van der Waals surface area contributed by atoms with Gasteiger partial charge >= 0.3 is 48.8 Å². The van der Waals surface area contributed by atoms with Crippen molar-refractivity contribution in [3.63, 3.8) is 0 Å². The van der Waals surface area contributed by atoms with Gasteiger partial charge in [-0.1, -0.05) is 30.3 Å². The molecular weight excluding hydrogens is 756 g/mol. The van der Waals surface area contributed by atoms with Crippen molar-refractivity contribution in [1.29, 1.82) is 0 Å². The van der Waals surface area contributed by atoms with E-state index in [1.807, 2.05) is 6.07 Å². The molecule has 10 nitrogen and oxygen atoms in total. The van der Waals surface area contributed by atoms with Gasteiger partial charge in [-0.15, -0.1) is 0 Å². The Kier molecular flexibility index (Phi) is 11.7. The maximum absolute atomic E-state index is 12.5. The number of carbonyl (C=O) groups is 4. The van der Waals surface area contributed by atoms with E-state index in [1.165, 1.54) is 0 Å². The van der Waals surface area contributed by atoms with Crippen LogP contribution in [0.1, 0.15) is 44.1 Å². The summed E-state index contributed by atoms with van der Waals surface area (Å²) in [5.41, 5.74) is -0.115. The standard InChI is InChI=1S/C19H19F6NO4.C12H13F6NO4/c20-18(21,22)15(19(23,24)25)30-16(28)26-8-6-17(7-9-26)10-13(17)14(27)29-11-12-4-2-1-3-5-12;13-11(14,15)8(12(16,17)18)23-9(22)19-3-1-10(2-4-19)5-6(10)7(20)21/h1-5,13,15H,6-11H2;6,8H,1-5H2,(H,20,21). The Balaban J connectivity index is 0.000000245. The fourth-order valence-corrected chi connectivity index (χ4v) is 6.57. The van der Waals surface area contributed by atoms with Crippen molar-refractivity contribution >= 4 is 24.1 Å². The summed E-state index contributed by atoms with van der Waals surface area (Å²) in [6.07, 6.45) is -32.9. The number of halogens is 12. The Morgan fingerprint density at radius 1 is 0.642 bits per heavy atom. The summed E-state index contributed by atoms with van der Waals surface area (Å²) in [7, 11) is 0. The minimum absolute atomic E-state index is 0.0935. The van der Waals surface area contributed by atoms with Gasteiger partial charge in [0.25, 0.3) is 12.2 Å². The molecule has 2 saturated heterocycles. The SMILES string of the molecule is O=C(O)C1CC12CCN(C(=O)OC(C(F)(F)F)C(F)(F)F)CC2.O=C(OCc1ccccc1)C1CC12CCN(C(=O)OC(C(F)(F)F)C(F)(F)F)CC2. The van der Waals surface area contributed by atoms with Crippen molar-refractivity contribution in [3.05, 3.63) is 35.9 Å². The maximum atomic E-state index is 12.5. The third-order valence-corrected chi connectivity index (χ3v) is 9.85. The maximum Gasteiger partial charge on any atom is 0.434 e. The van der Waals surface area contributed by atoms with E-state index in [0.29, 0.717) is 12.8 Å². The zero-order valence-electron chi connectivity index (χ0n) is 27.2. The molecule has 298 valence electrons. The Bertz CT molecular complexity index is 1450. The van der Waals surface area contributed by atoms with E-state index >= 15 is 0 Å². The van der Waals surface area contributed by atoms with Crippen molar-refractivity contribution in [2.24, 2.45) is 22.7 Å². The van der Waals surface area contributed by atoms with Crippen LogP contribution in [0, 0.1) is 22.7 Å². The minimum atomic E-state index is -5.75. The number of esters is 1. The monoisotopic (exact) mass is 788 g/mol. The lowest BCUT2D eigenvalue weighted by molar-refractivity contribution is -0.309. The normalized spacial score (nSPS) is 22.2. The molecule has 5 rings (SSSR count). The van der Waals surface area contributed by atoms with E-state index in [-0.39, 0.29) is 58.5 Å². The quantitative estimate of drug-likeness (QED) is 0.182. The van der Waals surface area contributed by atoms with Crippen LogP contribution in [0.15, 0.2) is 30.3 Å². The smallest absolute Gasteiger partial charge is 0.434 e. The summed E-state index contributed by atoms with van der Waals surface area (Å²) < 4.78 is 162. The first-order valence-corrected chi connectivity index (χ1v) is 15.9. The highest BCUT2D eigenvalue weighted by atomic mass is 19.4. The van der Waals surface area contributed by atoms with Gasteiger partial charge in [0.15, 0.2) is 0 Å². The van der Waals surface area contributed by atoms with E-state index in [2.05, 4.69) is 9.47 Å². The van der Waals surface area contributed by atoms with Crippen LogP contribution in [0.4, 0.5) is 62.3 Å². The predicted octanol–water partition coefficient (Wildman–Crippen LogP) is 7.26. The average molecular weight is 789 g/mol. The highest BCUT2D eigenvalue weighted by Gasteiger charge is 2.63. The van der Waals surface area contributed by atoms with E-state index in [1.54, 1.807) is 24.3 Å². The van der Waals surface area contributed by atoms with Crippen LogP contribution in [-0.2, 0) is 30.4 Å². The van der Waals surface area contributed by atoms with Crippen molar-refractivity contribution in [2.75, 3.05) is 26.2 Å². The molecule has 1 aromatic carbocycles. The molecule has 2 unspecified atom stereocenters. The van der Waals surface area contributed by atoms with Crippen molar-refractivity contribution in [1.82, 2.24) is 9.80 Å². The molecule has 0 radical (unpaired) electrons. The van der Waals surface area contributed by atoms with Crippen LogP contribution in [-0.4, -0.2) is 102 Å². The van der Waals surface area contributed by atoms with E-state index in [9.17, 15) is 71.9 Å². The number of carbonyl (C=O) groups excluding carboxylic acids is 3. The first-order chi connectivity index (χ1) is 24.3. The number of hydrogen-bond acceptors (Lipinski definition) is 7. The number of aliphatic carboxylic acids is 1. The van der Waals surface area contributed by atoms with Gasteiger partial charge < -0.3 is 29.1 Å². The molecule has 53 heavy (non-hydrogen) atoms. The fraction of sp³-hybridized carbons (Fsp3) is 0.677. The zero-order valence-corrected chi connectivity index (χ0v) is 27.2. The van der Waals surface area contributed by atoms with Gasteiger partial charge in [-0.3, -0.25) is 9.59 Å². The van der Waals surface area contributed by atoms with Gasteiger partial charge in [0.1, 0.15) is 6.61 Å². The molecule has 1 N–H and O–H groups in total. The van der Waals surface area contributed by atoms with Crippen LogP contribution < -0.4 is 0 Å². The van der Waals surface area contributed by atoms with E-state index in [0.717, 1.165) is 15.4 Å². The van der Waals surface area contributed by atoms with E-state index < -0.39 is 83.7 Å². The molecule has 0 aromatic heterocycles. The topological polar surface area (TPSA) is 123 Å². The van der Waals surface area contributed by atoms with Crippen LogP contribution >= 0.6 is 0 Å². The second-order valence-electron chi connectivity index (χ2n) is 13.3. The first-order valence-electron chi connectivity index (χ1n) is 15.9. The molecule has 2 amide bonds. The third kappa shape index (κ3) is 10.3. The van der Waals surface area contributed by atoms with E-state index in [4.69, 9.17) is 9.84 Å². The fourth-order valence-electron chi connectivity index (χ4n) is 6.57. The van der Waals surface area contributed by atoms with Gasteiger partial charge in [0.2, 0.25) is 0 Å². The second-order valence-corrected chi connectivity index (χ2v) is 13.3. The number of ether oxygens (including phenoxy) is 3. The number of likely N-dealkylation sites (tertiary alicyclic amines) is 2. The summed E-state index contributed by atoms with van der Waals surface area (Å²) in [4.78, 5) is 48.0. The molecule has 0 bridgehead atoms.